The SMILES string of the molecule is COc1ccc([C@H]2C3=C(N=C4SC(C(C)=O)=C(C)N42)c2ccccc2CC3)cc1. The van der Waals surface area contributed by atoms with Crippen molar-refractivity contribution < 1.29 is 9.53 Å². The number of allylic oxidation sites excluding steroid dienone is 2. The Labute approximate surface area is 175 Å². The molecule has 2 aliphatic heterocycles. The maximum Gasteiger partial charge on any atom is 0.174 e. The molecule has 0 unspecified atom stereocenters. The number of fused-ring (bicyclic) bond motifs is 3. The summed E-state index contributed by atoms with van der Waals surface area (Å²) >= 11 is 1.49. The van der Waals surface area contributed by atoms with E-state index in [2.05, 4.69) is 41.3 Å². The normalized spacial score (nSPS) is 20.2. The number of benzene rings is 2. The van der Waals surface area contributed by atoms with Crippen LogP contribution in [0.5, 0.6) is 5.75 Å². The molecule has 0 aromatic heterocycles. The Bertz CT molecular complexity index is 1110. The van der Waals surface area contributed by atoms with Crippen LogP contribution in [0.1, 0.15) is 43.0 Å². The Morgan fingerprint density at radius 1 is 1.14 bits per heavy atom. The van der Waals surface area contributed by atoms with Gasteiger partial charge < -0.3 is 9.64 Å². The summed E-state index contributed by atoms with van der Waals surface area (Å²) in [6, 6.07) is 16.8. The maximum absolute atomic E-state index is 12.2. The molecule has 4 nitrogen and oxygen atoms in total. The Kier molecular flexibility index (Phi) is 4.36. The molecule has 2 aromatic carbocycles. The van der Waals surface area contributed by atoms with Gasteiger partial charge in [0.25, 0.3) is 0 Å². The van der Waals surface area contributed by atoms with E-state index in [9.17, 15) is 4.79 Å². The van der Waals surface area contributed by atoms with Crippen molar-refractivity contribution in [2.75, 3.05) is 7.11 Å². The summed E-state index contributed by atoms with van der Waals surface area (Å²) in [6.07, 6.45) is 1.97. The van der Waals surface area contributed by atoms with Gasteiger partial charge >= 0.3 is 0 Å². The van der Waals surface area contributed by atoms with Gasteiger partial charge in [-0.1, -0.05) is 36.4 Å². The van der Waals surface area contributed by atoms with Crippen LogP contribution in [-0.4, -0.2) is 23.0 Å². The van der Waals surface area contributed by atoms with Gasteiger partial charge in [-0.15, -0.1) is 0 Å². The van der Waals surface area contributed by atoms with Crippen molar-refractivity contribution in [3.05, 3.63) is 81.4 Å². The predicted octanol–water partition coefficient (Wildman–Crippen LogP) is 5.33. The Hall–Kier alpha value is -2.79. The van der Waals surface area contributed by atoms with Gasteiger partial charge in [0, 0.05) is 11.3 Å². The van der Waals surface area contributed by atoms with Gasteiger partial charge in [0.1, 0.15) is 5.75 Å². The van der Waals surface area contributed by atoms with Crippen molar-refractivity contribution in [3.8, 4) is 5.75 Å². The molecule has 0 saturated carbocycles. The van der Waals surface area contributed by atoms with E-state index in [-0.39, 0.29) is 11.8 Å². The summed E-state index contributed by atoms with van der Waals surface area (Å²) in [5.74, 6) is 0.936. The summed E-state index contributed by atoms with van der Waals surface area (Å²) in [5.41, 5.74) is 7.14. The van der Waals surface area contributed by atoms with E-state index in [1.54, 1.807) is 14.0 Å². The Balaban J connectivity index is 1.71. The van der Waals surface area contributed by atoms with Gasteiger partial charge in [0.2, 0.25) is 0 Å². The molecule has 5 rings (SSSR count). The molecule has 3 aliphatic rings. The number of ether oxygens (including phenoxy) is 1. The molecule has 0 spiro atoms. The molecule has 2 aromatic rings. The van der Waals surface area contributed by atoms with Crippen LogP contribution in [-0.2, 0) is 11.2 Å². The summed E-state index contributed by atoms with van der Waals surface area (Å²) in [5, 5.41) is 0.893. The topological polar surface area (TPSA) is 41.9 Å². The lowest BCUT2D eigenvalue weighted by Gasteiger charge is -2.39. The quantitative estimate of drug-likeness (QED) is 0.696. The van der Waals surface area contributed by atoms with E-state index in [4.69, 9.17) is 9.73 Å². The lowest BCUT2D eigenvalue weighted by atomic mass is 9.82. The lowest BCUT2D eigenvalue weighted by Crippen LogP contribution is -2.34. The van der Waals surface area contributed by atoms with Crippen LogP contribution in [0.4, 0.5) is 0 Å². The molecule has 29 heavy (non-hydrogen) atoms. The van der Waals surface area contributed by atoms with Gasteiger partial charge in [0.05, 0.1) is 23.8 Å². The van der Waals surface area contributed by atoms with Crippen LogP contribution >= 0.6 is 11.8 Å². The fourth-order valence-corrected chi connectivity index (χ4v) is 5.54. The highest BCUT2D eigenvalue weighted by atomic mass is 32.2. The van der Waals surface area contributed by atoms with Gasteiger partial charge in [-0.25, -0.2) is 4.99 Å². The highest BCUT2D eigenvalue weighted by molar-refractivity contribution is 8.18. The average molecular weight is 403 g/mol. The number of hydrogen-bond donors (Lipinski definition) is 0. The average Bonchev–Trinajstić information content (AvgIpc) is 3.08. The largest absolute Gasteiger partial charge is 0.497 e. The number of aryl methyl sites for hydroxylation is 1. The van der Waals surface area contributed by atoms with Crippen LogP contribution in [0.3, 0.4) is 0 Å². The van der Waals surface area contributed by atoms with Gasteiger partial charge in [-0.2, -0.15) is 0 Å². The molecule has 2 heterocycles. The van der Waals surface area contributed by atoms with Crippen molar-refractivity contribution in [2.24, 2.45) is 4.99 Å². The van der Waals surface area contributed by atoms with E-state index in [0.29, 0.717) is 0 Å². The van der Waals surface area contributed by atoms with Crippen LogP contribution in [0.2, 0.25) is 0 Å². The maximum atomic E-state index is 12.2. The number of carbonyl (C=O) groups is 1. The van der Waals surface area contributed by atoms with E-state index in [1.165, 1.54) is 34.0 Å². The second-order valence-corrected chi connectivity index (χ2v) is 8.52. The second kappa shape index (κ2) is 6.92. The molecule has 1 atom stereocenters. The zero-order valence-electron chi connectivity index (χ0n) is 16.7. The summed E-state index contributed by atoms with van der Waals surface area (Å²) < 4.78 is 5.36. The monoisotopic (exact) mass is 402 g/mol. The first-order chi connectivity index (χ1) is 14.1. The molecule has 0 bridgehead atoms. The molecule has 5 heteroatoms. The van der Waals surface area contributed by atoms with Crippen molar-refractivity contribution in [1.29, 1.82) is 0 Å². The van der Waals surface area contributed by atoms with Crippen LogP contribution in [0.25, 0.3) is 5.70 Å². The van der Waals surface area contributed by atoms with Crippen molar-refractivity contribution in [2.45, 2.75) is 32.7 Å². The number of thioether (sulfide) groups is 1. The summed E-state index contributed by atoms with van der Waals surface area (Å²) in [7, 11) is 1.68. The third-order valence-corrected chi connectivity index (χ3v) is 7.13. The fourth-order valence-electron chi connectivity index (χ4n) is 4.49. The zero-order valence-corrected chi connectivity index (χ0v) is 17.5. The van der Waals surface area contributed by atoms with E-state index < -0.39 is 0 Å². The van der Waals surface area contributed by atoms with Gasteiger partial charge in [-0.05, 0) is 67.3 Å². The first-order valence-corrected chi connectivity index (χ1v) is 10.6. The first kappa shape index (κ1) is 18.3. The number of aliphatic imine (C=N–C) groups is 1. The van der Waals surface area contributed by atoms with E-state index >= 15 is 0 Å². The Morgan fingerprint density at radius 2 is 1.90 bits per heavy atom. The van der Waals surface area contributed by atoms with Crippen LogP contribution in [0.15, 0.2) is 69.7 Å². The van der Waals surface area contributed by atoms with Crippen molar-refractivity contribution >= 4 is 28.4 Å². The smallest absolute Gasteiger partial charge is 0.174 e. The lowest BCUT2D eigenvalue weighted by molar-refractivity contribution is -0.113. The standard InChI is InChI=1S/C24H22N2O2S/c1-14-23(15(2)27)29-24-25-21-19-7-5-4-6-16(19)10-13-20(21)22(26(14)24)17-8-11-18(28-3)12-9-17/h4-9,11-12,22H,10,13H2,1-3H3/t22-/m0/s1. The van der Waals surface area contributed by atoms with Gasteiger partial charge in [0.15, 0.2) is 11.0 Å². The highest BCUT2D eigenvalue weighted by Gasteiger charge is 2.41. The van der Waals surface area contributed by atoms with E-state index in [0.717, 1.165) is 40.1 Å². The van der Waals surface area contributed by atoms with Crippen molar-refractivity contribution in [1.82, 2.24) is 4.90 Å². The molecular formula is C24H22N2O2S. The number of methoxy groups -OCH3 is 1. The molecule has 0 N–H and O–H groups in total. The molecule has 146 valence electrons. The van der Waals surface area contributed by atoms with Gasteiger partial charge in [-0.3, -0.25) is 4.79 Å². The van der Waals surface area contributed by atoms with E-state index in [1.807, 2.05) is 19.1 Å². The highest BCUT2D eigenvalue weighted by Crippen LogP contribution is 2.51. The number of Topliss-reactive ketones (excluding diaryl/α,β-unsaturated/α-hetero) is 1. The number of hydrogen-bond acceptors (Lipinski definition) is 5. The second-order valence-electron chi connectivity index (χ2n) is 7.54. The molecule has 0 amide bonds. The number of amidine groups is 1. The summed E-state index contributed by atoms with van der Waals surface area (Å²) in [6.45, 7) is 3.67. The predicted molar refractivity (Wildman–Crippen MR) is 118 cm³/mol. The number of nitrogens with zero attached hydrogens (tertiary/aromatic N) is 2. The molecule has 0 saturated heterocycles. The van der Waals surface area contributed by atoms with Crippen LogP contribution < -0.4 is 4.74 Å². The van der Waals surface area contributed by atoms with Crippen molar-refractivity contribution in [3.63, 3.8) is 0 Å². The zero-order chi connectivity index (χ0) is 20.1. The number of ketones is 1. The molecule has 1 aliphatic carbocycles. The number of carbonyl (C=O) groups excluding carboxylic acids is 1. The number of rotatable bonds is 3. The third-order valence-electron chi connectivity index (χ3n) is 5.88. The summed E-state index contributed by atoms with van der Waals surface area (Å²) in [4.78, 5) is 20.3. The molecule has 0 fully saturated rings. The minimum Gasteiger partial charge on any atom is -0.497 e. The minimum absolute atomic E-state index is 0.0427. The first-order valence-electron chi connectivity index (χ1n) is 9.81. The molecule has 0 radical (unpaired) electrons. The fraction of sp³-hybridized carbons (Fsp3) is 0.250. The Morgan fingerprint density at radius 3 is 2.62 bits per heavy atom. The van der Waals surface area contributed by atoms with Crippen LogP contribution in [0, 0.1) is 0 Å². The third kappa shape index (κ3) is 2.84. The molecular weight excluding hydrogens is 380 g/mol. The minimum atomic E-state index is 0.0427.